The Balaban J connectivity index is 1.26. The Hall–Kier alpha value is -2.21. The van der Waals surface area contributed by atoms with Gasteiger partial charge in [0.25, 0.3) is 5.91 Å². The second-order valence-corrected chi connectivity index (χ2v) is 7.65. The van der Waals surface area contributed by atoms with Crippen molar-refractivity contribution in [1.29, 1.82) is 0 Å². The van der Waals surface area contributed by atoms with Crippen LogP contribution in [0.5, 0.6) is 0 Å². The molecular formula is C22H28N4O. The van der Waals surface area contributed by atoms with E-state index in [9.17, 15) is 4.79 Å². The van der Waals surface area contributed by atoms with Crippen LogP contribution in [0.2, 0.25) is 0 Å². The number of aryl methyl sites for hydroxylation is 1. The normalized spacial score (nSPS) is 24.0. The van der Waals surface area contributed by atoms with Gasteiger partial charge in [-0.1, -0.05) is 48.0 Å². The number of hydrogen-bond donors (Lipinski definition) is 3. The molecule has 3 N–H and O–H groups in total. The molecule has 2 heterocycles. The quantitative estimate of drug-likeness (QED) is 0.781. The maximum Gasteiger partial charge on any atom is 0.251 e. The molecule has 1 amide bonds. The van der Waals surface area contributed by atoms with Gasteiger partial charge in [-0.15, -0.1) is 0 Å². The number of nitrogens with zero attached hydrogens (tertiary/aromatic N) is 1. The Morgan fingerprint density at radius 1 is 1.00 bits per heavy atom. The van der Waals surface area contributed by atoms with Crippen molar-refractivity contribution in [3.05, 3.63) is 71.3 Å². The molecule has 0 saturated carbocycles. The zero-order chi connectivity index (χ0) is 18.6. The number of nitrogens with one attached hydrogen (secondary N) is 3. The van der Waals surface area contributed by atoms with Crippen molar-refractivity contribution in [3.8, 4) is 0 Å². The Labute approximate surface area is 161 Å². The van der Waals surface area contributed by atoms with E-state index in [2.05, 4.69) is 51.4 Å². The number of carbonyl (C=O) groups excluding carboxylic acids is 1. The van der Waals surface area contributed by atoms with Crippen LogP contribution in [0.1, 0.15) is 46.8 Å². The third-order valence-corrected chi connectivity index (χ3v) is 5.70. The van der Waals surface area contributed by atoms with E-state index in [1.54, 1.807) is 0 Å². The molecule has 0 spiro atoms. The van der Waals surface area contributed by atoms with Crippen molar-refractivity contribution in [1.82, 2.24) is 21.1 Å². The van der Waals surface area contributed by atoms with Crippen molar-refractivity contribution in [2.75, 3.05) is 13.1 Å². The summed E-state index contributed by atoms with van der Waals surface area (Å²) in [4.78, 5) is 14.9. The summed E-state index contributed by atoms with van der Waals surface area (Å²) in [6.07, 6.45) is 3.39. The summed E-state index contributed by atoms with van der Waals surface area (Å²) in [7, 11) is 0. The van der Waals surface area contributed by atoms with Crippen molar-refractivity contribution in [2.24, 2.45) is 0 Å². The van der Waals surface area contributed by atoms with Crippen LogP contribution in [0.3, 0.4) is 0 Å². The van der Waals surface area contributed by atoms with Gasteiger partial charge in [-0.2, -0.15) is 0 Å². The van der Waals surface area contributed by atoms with Crippen LogP contribution in [0.25, 0.3) is 0 Å². The van der Waals surface area contributed by atoms with Crippen LogP contribution in [0.15, 0.2) is 54.6 Å². The summed E-state index contributed by atoms with van der Waals surface area (Å²) in [6.45, 7) is 4.03. The smallest absolute Gasteiger partial charge is 0.251 e. The minimum Gasteiger partial charge on any atom is -0.349 e. The standard InChI is InChI=1S/C22H28N4O/c1-16-7-9-18(10-8-16)22(27)23-19-11-13-26(14-12-19)21-15-20(24-25-21)17-5-3-2-4-6-17/h2-10,19-21,24-25H,11-15H2,1H3,(H,23,27). The van der Waals surface area contributed by atoms with E-state index in [1.165, 1.54) is 11.1 Å². The van der Waals surface area contributed by atoms with E-state index >= 15 is 0 Å². The summed E-state index contributed by atoms with van der Waals surface area (Å²) in [5.74, 6) is 0.0400. The number of piperidine rings is 1. The average molecular weight is 364 g/mol. The minimum atomic E-state index is 0.0400. The highest BCUT2D eigenvalue weighted by atomic mass is 16.1. The zero-order valence-corrected chi connectivity index (χ0v) is 15.8. The lowest BCUT2D eigenvalue weighted by molar-refractivity contribution is 0.0880. The molecule has 2 fully saturated rings. The molecule has 2 saturated heterocycles. The second-order valence-electron chi connectivity index (χ2n) is 7.65. The highest BCUT2D eigenvalue weighted by Gasteiger charge is 2.32. The topological polar surface area (TPSA) is 56.4 Å². The number of rotatable bonds is 4. The highest BCUT2D eigenvalue weighted by Crippen LogP contribution is 2.25. The number of carbonyl (C=O) groups is 1. The van der Waals surface area contributed by atoms with Gasteiger partial charge in [-0.3, -0.25) is 9.69 Å². The molecule has 0 aromatic heterocycles. The lowest BCUT2D eigenvalue weighted by Gasteiger charge is -2.35. The maximum atomic E-state index is 12.4. The van der Waals surface area contributed by atoms with E-state index in [-0.39, 0.29) is 11.9 Å². The van der Waals surface area contributed by atoms with Crippen LogP contribution in [0.4, 0.5) is 0 Å². The fourth-order valence-corrected chi connectivity index (χ4v) is 4.01. The first-order valence-electron chi connectivity index (χ1n) is 9.86. The Bertz CT molecular complexity index is 754. The van der Waals surface area contributed by atoms with Gasteiger partial charge in [-0.25, -0.2) is 10.9 Å². The summed E-state index contributed by atoms with van der Waals surface area (Å²) in [5, 5.41) is 3.20. The molecule has 0 aliphatic carbocycles. The van der Waals surface area contributed by atoms with Gasteiger partial charge >= 0.3 is 0 Å². The largest absolute Gasteiger partial charge is 0.349 e. The van der Waals surface area contributed by atoms with Crippen LogP contribution < -0.4 is 16.2 Å². The first-order valence-corrected chi connectivity index (χ1v) is 9.86. The van der Waals surface area contributed by atoms with Gasteiger partial charge in [0.1, 0.15) is 0 Å². The molecule has 2 atom stereocenters. The molecule has 142 valence electrons. The first-order chi connectivity index (χ1) is 13.2. The lowest BCUT2D eigenvalue weighted by Crippen LogP contribution is -2.51. The number of hydrogen-bond acceptors (Lipinski definition) is 4. The fourth-order valence-electron chi connectivity index (χ4n) is 4.01. The molecule has 5 nitrogen and oxygen atoms in total. The molecule has 4 rings (SSSR count). The van der Waals surface area contributed by atoms with Gasteiger partial charge in [-0.05, 0) is 43.9 Å². The average Bonchev–Trinajstić information content (AvgIpc) is 3.20. The molecule has 2 unspecified atom stereocenters. The first kappa shape index (κ1) is 18.2. The molecule has 2 aromatic rings. The van der Waals surface area contributed by atoms with Gasteiger partial charge in [0, 0.05) is 30.7 Å². The third-order valence-electron chi connectivity index (χ3n) is 5.70. The van der Waals surface area contributed by atoms with Gasteiger partial charge in [0.05, 0.1) is 6.17 Å². The van der Waals surface area contributed by atoms with E-state index < -0.39 is 0 Å². The van der Waals surface area contributed by atoms with Crippen LogP contribution in [-0.4, -0.2) is 36.1 Å². The molecule has 2 aromatic carbocycles. The van der Waals surface area contributed by atoms with E-state index in [4.69, 9.17) is 0 Å². The van der Waals surface area contributed by atoms with E-state index in [0.29, 0.717) is 12.2 Å². The molecule has 2 aliphatic heterocycles. The van der Waals surface area contributed by atoms with Crippen molar-refractivity contribution in [2.45, 2.75) is 44.4 Å². The van der Waals surface area contributed by atoms with Gasteiger partial charge in [0.2, 0.25) is 0 Å². The molecule has 27 heavy (non-hydrogen) atoms. The molecule has 0 radical (unpaired) electrons. The fraction of sp³-hybridized carbons (Fsp3) is 0.409. The summed E-state index contributed by atoms with van der Waals surface area (Å²) in [5.41, 5.74) is 10.1. The maximum absolute atomic E-state index is 12.4. The van der Waals surface area contributed by atoms with Crippen LogP contribution >= 0.6 is 0 Å². The number of benzene rings is 2. The van der Waals surface area contributed by atoms with Crippen molar-refractivity contribution < 1.29 is 4.79 Å². The molecule has 0 bridgehead atoms. The van der Waals surface area contributed by atoms with Crippen LogP contribution in [0, 0.1) is 6.92 Å². The lowest BCUT2D eigenvalue weighted by atomic mass is 10.0. The Morgan fingerprint density at radius 2 is 1.70 bits per heavy atom. The second kappa shape index (κ2) is 8.21. The predicted octanol–water partition coefficient (Wildman–Crippen LogP) is 2.75. The van der Waals surface area contributed by atoms with Crippen molar-refractivity contribution >= 4 is 5.91 Å². The van der Waals surface area contributed by atoms with E-state index in [0.717, 1.165) is 37.9 Å². The predicted molar refractivity (Wildman–Crippen MR) is 107 cm³/mol. The van der Waals surface area contributed by atoms with E-state index in [1.807, 2.05) is 31.2 Å². The minimum absolute atomic E-state index is 0.0400. The molecule has 2 aliphatic rings. The SMILES string of the molecule is Cc1ccc(C(=O)NC2CCN(C3CC(c4ccccc4)NN3)CC2)cc1. The van der Waals surface area contributed by atoms with Gasteiger partial charge < -0.3 is 5.32 Å². The molecule has 5 heteroatoms. The van der Waals surface area contributed by atoms with Crippen LogP contribution in [-0.2, 0) is 0 Å². The number of amides is 1. The third kappa shape index (κ3) is 4.38. The zero-order valence-electron chi connectivity index (χ0n) is 15.8. The van der Waals surface area contributed by atoms with Crippen molar-refractivity contribution in [3.63, 3.8) is 0 Å². The summed E-state index contributed by atoms with van der Waals surface area (Å²) >= 11 is 0. The van der Waals surface area contributed by atoms with Gasteiger partial charge in [0.15, 0.2) is 0 Å². The number of hydrazine groups is 1. The monoisotopic (exact) mass is 364 g/mol. The highest BCUT2D eigenvalue weighted by molar-refractivity contribution is 5.94. The Kier molecular flexibility index (Phi) is 5.53. The summed E-state index contributed by atoms with van der Waals surface area (Å²) in [6, 6.07) is 19.0. The summed E-state index contributed by atoms with van der Waals surface area (Å²) < 4.78 is 0. The Morgan fingerprint density at radius 3 is 2.41 bits per heavy atom. The molecular weight excluding hydrogens is 336 g/mol. The number of likely N-dealkylation sites (tertiary alicyclic amines) is 1.